The van der Waals surface area contributed by atoms with Crippen molar-refractivity contribution < 1.29 is 17.9 Å². The second-order valence-corrected chi connectivity index (χ2v) is 8.47. The predicted octanol–water partition coefficient (Wildman–Crippen LogP) is 3.23. The molecule has 3 unspecified atom stereocenters. The van der Waals surface area contributed by atoms with Crippen LogP contribution in [0.25, 0.3) is 10.8 Å². The number of hydrogen-bond donors (Lipinski definition) is 2. The number of nitrogens with one attached hydrogen (secondary N) is 2. The number of benzene rings is 2. The lowest BCUT2D eigenvalue weighted by molar-refractivity contribution is 0.158. The molecule has 0 amide bonds. The standard InChI is InChI=1S/C23H23F3N4O2/c1-32-7-6-30-5-4-12(11-30)21-20(15-3-2-13(24)9-17(15)26)22-19-16(23(31)29-28-22)8-14(25)10-18(19)27-21/h2-3,8-10,12,20-21,27H,4-7,11H2,1H3,(H,29,31). The van der Waals surface area contributed by atoms with Crippen LogP contribution in [-0.4, -0.2) is 54.5 Å². The fourth-order valence-electron chi connectivity index (χ4n) is 5.12. The molecule has 6 nitrogen and oxygen atoms in total. The molecule has 1 aromatic heterocycles. The number of ether oxygens (including phenoxy) is 1. The van der Waals surface area contributed by atoms with Crippen molar-refractivity contribution in [3.05, 3.63) is 69.4 Å². The highest BCUT2D eigenvalue weighted by Crippen LogP contribution is 2.44. The van der Waals surface area contributed by atoms with Gasteiger partial charge >= 0.3 is 0 Å². The molecule has 1 saturated heterocycles. The van der Waals surface area contributed by atoms with Gasteiger partial charge in [-0.25, -0.2) is 18.3 Å². The summed E-state index contributed by atoms with van der Waals surface area (Å²) in [6, 6.07) is 5.68. The molecule has 0 bridgehead atoms. The monoisotopic (exact) mass is 444 g/mol. The number of H-pyrrole nitrogens is 1. The first kappa shape index (κ1) is 21.0. The van der Waals surface area contributed by atoms with E-state index < -0.39 is 28.9 Å². The molecule has 1 fully saturated rings. The molecule has 0 saturated carbocycles. The van der Waals surface area contributed by atoms with Crippen molar-refractivity contribution in [1.82, 2.24) is 15.1 Å². The SMILES string of the molecule is COCCN1CCC(C2Nc3cc(F)cc4c(=O)[nH]nc(c34)C2c2ccc(F)cc2F)C1. The van der Waals surface area contributed by atoms with E-state index in [-0.39, 0.29) is 22.9 Å². The fraction of sp³-hybridized carbons (Fsp3) is 0.391. The van der Waals surface area contributed by atoms with E-state index >= 15 is 0 Å². The number of aromatic nitrogens is 2. The molecule has 2 aliphatic heterocycles. The summed E-state index contributed by atoms with van der Waals surface area (Å²) < 4.78 is 48.2. The highest BCUT2D eigenvalue weighted by atomic mass is 19.1. The first-order valence-electron chi connectivity index (χ1n) is 10.6. The lowest BCUT2D eigenvalue weighted by Gasteiger charge is -2.38. The molecule has 2 aromatic carbocycles. The number of hydrogen-bond acceptors (Lipinski definition) is 5. The van der Waals surface area contributed by atoms with Crippen molar-refractivity contribution in [1.29, 1.82) is 0 Å². The predicted molar refractivity (Wildman–Crippen MR) is 114 cm³/mol. The van der Waals surface area contributed by atoms with E-state index in [1.807, 2.05) is 0 Å². The number of likely N-dealkylation sites (tertiary alicyclic amines) is 1. The Kier molecular flexibility index (Phi) is 5.38. The molecular weight excluding hydrogens is 421 g/mol. The van der Waals surface area contributed by atoms with Gasteiger partial charge in [0.05, 0.1) is 23.6 Å². The normalized spacial score (nSPS) is 22.9. The Bertz CT molecular complexity index is 1230. The second kappa shape index (κ2) is 8.22. The lowest BCUT2D eigenvalue weighted by Crippen LogP contribution is -2.41. The van der Waals surface area contributed by atoms with Gasteiger partial charge in [-0.3, -0.25) is 4.79 Å². The maximum absolute atomic E-state index is 15.0. The highest BCUT2D eigenvalue weighted by Gasteiger charge is 2.41. The Morgan fingerprint density at radius 3 is 2.81 bits per heavy atom. The molecule has 0 radical (unpaired) electrons. The zero-order valence-electron chi connectivity index (χ0n) is 17.5. The van der Waals surface area contributed by atoms with Crippen LogP contribution in [0.5, 0.6) is 0 Å². The van der Waals surface area contributed by atoms with E-state index in [0.717, 1.165) is 38.2 Å². The molecule has 9 heteroatoms. The number of nitrogens with zero attached hydrogens (tertiary/aromatic N) is 2. The Morgan fingerprint density at radius 2 is 2.03 bits per heavy atom. The average molecular weight is 444 g/mol. The van der Waals surface area contributed by atoms with E-state index in [2.05, 4.69) is 20.4 Å². The first-order valence-corrected chi connectivity index (χ1v) is 10.6. The second-order valence-electron chi connectivity index (χ2n) is 8.47. The largest absolute Gasteiger partial charge is 0.383 e. The molecule has 168 valence electrons. The molecule has 3 atom stereocenters. The van der Waals surface area contributed by atoms with Gasteiger partial charge in [0, 0.05) is 43.4 Å². The molecule has 0 spiro atoms. The van der Waals surface area contributed by atoms with Crippen LogP contribution >= 0.6 is 0 Å². The van der Waals surface area contributed by atoms with Crippen molar-refractivity contribution in [2.24, 2.45) is 5.92 Å². The van der Waals surface area contributed by atoms with Gasteiger partial charge in [0.1, 0.15) is 17.5 Å². The minimum absolute atomic E-state index is 0.0986. The minimum atomic E-state index is -0.678. The van der Waals surface area contributed by atoms with Gasteiger partial charge in [-0.15, -0.1) is 0 Å². The smallest absolute Gasteiger partial charge is 0.272 e. The van der Waals surface area contributed by atoms with Gasteiger partial charge in [-0.05, 0) is 42.6 Å². The third kappa shape index (κ3) is 3.55. The van der Waals surface area contributed by atoms with E-state index in [0.29, 0.717) is 23.4 Å². The third-order valence-corrected chi connectivity index (χ3v) is 6.58. The van der Waals surface area contributed by atoms with E-state index in [9.17, 15) is 18.0 Å². The molecule has 2 N–H and O–H groups in total. The molecular formula is C23H23F3N4O2. The topological polar surface area (TPSA) is 70.2 Å². The Morgan fingerprint density at radius 1 is 1.19 bits per heavy atom. The van der Waals surface area contributed by atoms with E-state index in [1.165, 1.54) is 18.2 Å². The number of anilines is 1. The van der Waals surface area contributed by atoms with Crippen LogP contribution in [0.2, 0.25) is 0 Å². The van der Waals surface area contributed by atoms with Gasteiger partial charge < -0.3 is 15.0 Å². The molecule has 2 aliphatic rings. The van der Waals surface area contributed by atoms with Crippen molar-refractivity contribution in [2.45, 2.75) is 18.4 Å². The fourth-order valence-corrected chi connectivity index (χ4v) is 5.12. The van der Waals surface area contributed by atoms with Crippen LogP contribution in [0.3, 0.4) is 0 Å². The summed E-state index contributed by atoms with van der Waals surface area (Å²) >= 11 is 0. The number of halogens is 3. The molecule has 0 aliphatic carbocycles. The summed E-state index contributed by atoms with van der Waals surface area (Å²) in [5.41, 5.74) is 0.691. The van der Waals surface area contributed by atoms with Crippen LogP contribution in [0.1, 0.15) is 23.6 Å². The number of rotatable bonds is 5. The van der Waals surface area contributed by atoms with Gasteiger partial charge in [-0.1, -0.05) is 6.07 Å². The summed E-state index contributed by atoms with van der Waals surface area (Å²) in [6.07, 6.45) is 0.845. The Hall–Kier alpha value is -2.91. The Labute approximate surface area is 182 Å². The van der Waals surface area contributed by atoms with Gasteiger partial charge in [0.2, 0.25) is 0 Å². The molecule has 3 aromatic rings. The quantitative estimate of drug-likeness (QED) is 0.633. The molecule has 5 rings (SSSR count). The Balaban J connectivity index is 1.65. The maximum Gasteiger partial charge on any atom is 0.272 e. The third-order valence-electron chi connectivity index (χ3n) is 6.58. The average Bonchev–Trinajstić information content (AvgIpc) is 3.23. The van der Waals surface area contributed by atoms with Gasteiger partial charge in [0.25, 0.3) is 5.56 Å². The summed E-state index contributed by atoms with van der Waals surface area (Å²) in [5, 5.41) is 10.7. The maximum atomic E-state index is 15.0. The van der Waals surface area contributed by atoms with Crippen LogP contribution in [-0.2, 0) is 4.74 Å². The first-order chi connectivity index (χ1) is 15.5. The van der Waals surface area contributed by atoms with Gasteiger partial charge in [-0.2, -0.15) is 5.10 Å². The van der Waals surface area contributed by atoms with Crippen LogP contribution in [0.4, 0.5) is 18.9 Å². The zero-order valence-corrected chi connectivity index (χ0v) is 17.5. The van der Waals surface area contributed by atoms with Crippen LogP contribution < -0.4 is 10.9 Å². The minimum Gasteiger partial charge on any atom is -0.383 e. The van der Waals surface area contributed by atoms with Crippen LogP contribution in [0.15, 0.2) is 35.1 Å². The number of methoxy groups -OCH3 is 1. The summed E-state index contributed by atoms with van der Waals surface area (Å²) in [5.74, 6) is -2.37. The molecule has 3 heterocycles. The zero-order chi connectivity index (χ0) is 22.4. The van der Waals surface area contributed by atoms with Gasteiger partial charge in [0.15, 0.2) is 0 Å². The van der Waals surface area contributed by atoms with Crippen molar-refractivity contribution in [3.8, 4) is 0 Å². The van der Waals surface area contributed by atoms with Crippen LogP contribution in [0, 0.1) is 23.4 Å². The lowest BCUT2D eigenvalue weighted by atomic mass is 9.77. The molecule has 32 heavy (non-hydrogen) atoms. The summed E-state index contributed by atoms with van der Waals surface area (Å²) in [4.78, 5) is 14.6. The van der Waals surface area contributed by atoms with Crippen molar-refractivity contribution in [2.75, 3.05) is 38.7 Å². The van der Waals surface area contributed by atoms with Crippen molar-refractivity contribution in [3.63, 3.8) is 0 Å². The van der Waals surface area contributed by atoms with E-state index in [4.69, 9.17) is 4.74 Å². The van der Waals surface area contributed by atoms with E-state index in [1.54, 1.807) is 7.11 Å². The highest BCUT2D eigenvalue weighted by molar-refractivity contribution is 5.97. The number of aromatic amines is 1. The van der Waals surface area contributed by atoms with Crippen molar-refractivity contribution >= 4 is 16.5 Å². The summed E-state index contributed by atoms with van der Waals surface area (Å²) in [6.45, 7) is 2.99. The summed E-state index contributed by atoms with van der Waals surface area (Å²) in [7, 11) is 1.65.